The molecule has 0 aromatic heterocycles. The number of nitrogens with zero attached hydrogens (tertiary/aromatic N) is 1. The molecule has 3 rings (SSSR count). The molecular formula is C24H26N2O3S. The number of para-hydroxylation sites is 1. The third-order valence-electron chi connectivity index (χ3n) is 4.95. The second-order valence-corrected chi connectivity index (χ2v) is 9.12. The third-order valence-corrected chi connectivity index (χ3v) is 6.87. The summed E-state index contributed by atoms with van der Waals surface area (Å²) in [4.78, 5) is 12.9. The largest absolute Gasteiger partial charge is 0.322 e. The molecule has 0 saturated carbocycles. The predicted molar refractivity (Wildman–Crippen MR) is 122 cm³/mol. The summed E-state index contributed by atoms with van der Waals surface area (Å²) in [5.74, 6) is -0.274. The van der Waals surface area contributed by atoms with Crippen molar-refractivity contribution in [3.05, 3.63) is 89.0 Å². The number of carbonyl (C=O) groups excluding carboxylic acids is 1. The standard InChI is InChI=1S/C24H26N2O3S/c1-5-26(21-9-7-6-8-10-21)30(28,29)22-13-11-20(12-14-22)24(27)25-23-18(3)15-17(2)16-19(23)4/h6-16H,5H2,1-4H3,(H,25,27). The van der Waals surface area contributed by atoms with Crippen LogP contribution in [0.3, 0.4) is 0 Å². The van der Waals surface area contributed by atoms with Crippen LogP contribution in [0.1, 0.15) is 34.0 Å². The van der Waals surface area contributed by atoms with Crippen molar-refractivity contribution in [2.45, 2.75) is 32.6 Å². The van der Waals surface area contributed by atoms with Crippen molar-refractivity contribution < 1.29 is 13.2 Å². The number of hydrogen-bond acceptors (Lipinski definition) is 3. The van der Waals surface area contributed by atoms with E-state index >= 15 is 0 Å². The molecule has 0 aliphatic carbocycles. The van der Waals surface area contributed by atoms with Crippen molar-refractivity contribution in [1.29, 1.82) is 0 Å². The highest BCUT2D eigenvalue weighted by molar-refractivity contribution is 7.92. The quantitative estimate of drug-likeness (QED) is 0.602. The normalized spacial score (nSPS) is 11.2. The molecule has 156 valence electrons. The van der Waals surface area contributed by atoms with Crippen molar-refractivity contribution in [2.24, 2.45) is 0 Å². The first-order valence-corrected chi connectivity index (χ1v) is 11.2. The molecule has 0 spiro atoms. The Kier molecular flexibility index (Phi) is 6.27. The number of benzene rings is 3. The van der Waals surface area contributed by atoms with E-state index in [4.69, 9.17) is 0 Å². The van der Waals surface area contributed by atoms with Crippen molar-refractivity contribution in [1.82, 2.24) is 0 Å². The van der Waals surface area contributed by atoms with Crippen LogP contribution >= 0.6 is 0 Å². The van der Waals surface area contributed by atoms with Gasteiger partial charge in [-0.2, -0.15) is 0 Å². The molecule has 0 aliphatic rings. The smallest absolute Gasteiger partial charge is 0.264 e. The summed E-state index contributed by atoms with van der Waals surface area (Å²) in [6, 6.07) is 19.0. The molecule has 1 N–H and O–H groups in total. The first kappa shape index (κ1) is 21.6. The van der Waals surface area contributed by atoms with Crippen LogP contribution in [-0.4, -0.2) is 20.9 Å². The van der Waals surface area contributed by atoms with Crippen molar-refractivity contribution >= 4 is 27.3 Å². The van der Waals surface area contributed by atoms with Crippen LogP contribution in [0.2, 0.25) is 0 Å². The third kappa shape index (κ3) is 4.39. The van der Waals surface area contributed by atoms with E-state index < -0.39 is 10.0 Å². The fraction of sp³-hybridized carbons (Fsp3) is 0.208. The number of aryl methyl sites for hydroxylation is 3. The van der Waals surface area contributed by atoms with Gasteiger partial charge in [0.2, 0.25) is 0 Å². The Hall–Kier alpha value is -3.12. The molecule has 1 amide bonds. The molecule has 5 nitrogen and oxygen atoms in total. The Morgan fingerprint density at radius 2 is 1.47 bits per heavy atom. The molecule has 0 unspecified atom stereocenters. The maximum atomic E-state index is 13.1. The minimum absolute atomic E-state index is 0.146. The fourth-order valence-electron chi connectivity index (χ4n) is 3.55. The van der Waals surface area contributed by atoms with Gasteiger partial charge in [-0.25, -0.2) is 8.42 Å². The summed E-state index contributed by atoms with van der Waals surface area (Å²) >= 11 is 0. The maximum Gasteiger partial charge on any atom is 0.264 e. The van der Waals surface area contributed by atoms with Gasteiger partial charge in [0.1, 0.15) is 0 Å². The molecule has 0 radical (unpaired) electrons. The van der Waals surface area contributed by atoms with Gasteiger partial charge in [-0.3, -0.25) is 9.10 Å². The van der Waals surface area contributed by atoms with Crippen molar-refractivity contribution in [2.75, 3.05) is 16.2 Å². The molecule has 0 saturated heterocycles. The Labute approximate surface area is 178 Å². The summed E-state index contributed by atoms with van der Waals surface area (Å²) < 4.78 is 27.5. The second-order valence-electron chi connectivity index (χ2n) is 7.26. The van der Waals surface area contributed by atoms with E-state index in [1.807, 2.05) is 39.0 Å². The minimum Gasteiger partial charge on any atom is -0.322 e. The first-order chi connectivity index (χ1) is 14.2. The van der Waals surface area contributed by atoms with E-state index in [9.17, 15) is 13.2 Å². The first-order valence-electron chi connectivity index (χ1n) is 9.81. The molecule has 0 aliphatic heterocycles. The van der Waals surface area contributed by atoms with E-state index in [0.29, 0.717) is 17.8 Å². The number of carbonyl (C=O) groups is 1. The summed E-state index contributed by atoms with van der Waals surface area (Å²) in [5.41, 5.74) is 4.89. The van der Waals surface area contributed by atoms with Gasteiger partial charge in [-0.1, -0.05) is 35.9 Å². The van der Waals surface area contributed by atoms with E-state index in [0.717, 1.165) is 22.4 Å². The van der Waals surface area contributed by atoms with Gasteiger partial charge in [0.25, 0.3) is 15.9 Å². The van der Waals surface area contributed by atoms with E-state index in [1.165, 1.54) is 16.4 Å². The molecule has 3 aromatic carbocycles. The van der Waals surface area contributed by atoms with Gasteiger partial charge in [0.05, 0.1) is 10.6 Å². The summed E-state index contributed by atoms with van der Waals surface area (Å²) in [6.45, 7) is 8.02. The topological polar surface area (TPSA) is 66.5 Å². The van der Waals surface area contributed by atoms with Crippen molar-refractivity contribution in [3.8, 4) is 0 Å². The number of sulfonamides is 1. The van der Waals surface area contributed by atoms with E-state index in [1.54, 1.807) is 43.3 Å². The molecule has 0 atom stereocenters. The average Bonchev–Trinajstić information content (AvgIpc) is 2.71. The van der Waals surface area contributed by atoms with Crippen LogP contribution in [0.4, 0.5) is 11.4 Å². The van der Waals surface area contributed by atoms with Gasteiger partial charge in [0, 0.05) is 17.8 Å². The predicted octanol–water partition coefficient (Wildman–Crippen LogP) is 5.08. The zero-order valence-electron chi connectivity index (χ0n) is 17.6. The monoisotopic (exact) mass is 422 g/mol. The lowest BCUT2D eigenvalue weighted by Gasteiger charge is -2.23. The zero-order chi connectivity index (χ0) is 21.9. The minimum atomic E-state index is -3.72. The fourth-order valence-corrected chi connectivity index (χ4v) is 5.03. The van der Waals surface area contributed by atoms with Crippen LogP contribution in [0.15, 0.2) is 71.6 Å². The Balaban J connectivity index is 1.85. The van der Waals surface area contributed by atoms with E-state index in [2.05, 4.69) is 5.32 Å². The van der Waals surface area contributed by atoms with E-state index in [-0.39, 0.29) is 10.8 Å². The Morgan fingerprint density at radius 3 is 2.00 bits per heavy atom. The summed E-state index contributed by atoms with van der Waals surface area (Å²) in [7, 11) is -3.72. The molecule has 6 heteroatoms. The SMILES string of the molecule is CCN(c1ccccc1)S(=O)(=O)c1ccc(C(=O)Nc2c(C)cc(C)cc2C)cc1. The van der Waals surface area contributed by atoms with Crippen LogP contribution in [0.5, 0.6) is 0 Å². The Morgan fingerprint density at radius 1 is 0.900 bits per heavy atom. The lowest BCUT2D eigenvalue weighted by molar-refractivity contribution is 0.102. The molecule has 0 heterocycles. The van der Waals surface area contributed by atoms with Gasteiger partial charge >= 0.3 is 0 Å². The molecule has 0 fully saturated rings. The number of anilines is 2. The number of nitrogens with one attached hydrogen (secondary N) is 1. The van der Waals surface area contributed by atoms with Crippen LogP contribution in [0, 0.1) is 20.8 Å². The summed E-state index contributed by atoms with van der Waals surface area (Å²) in [6.07, 6.45) is 0. The highest BCUT2D eigenvalue weighted by Crippen LogP contribution is 2.25. The number of hydrogen-bond donors (Lipinski definition) is 1. The lowest BCUT2D eigenvalue weighted by Crippen LogP contribution is -2.30. The number of amides is 1. The van der Waals surface area contributed by atoms with Gasteiger partial charge in [-0.15, -0.1) is 0 Å². The van der Waals surface area contributed by atoms with Crippen LogP contribution in [-0.2, 0) is 10.0 Å². The molecule has 3 aromatic rings. The lowest BCUT2D eigenvalue weighted by atomic mass is 10.0. The molecule has 0 bridgehead atoms. The highest BCUT2D eigenvalue weighted by Gasteiger charge is 2.23. The van der Waals surface area contributed by atoms with Crippen LogP contribution < -0.4 is 9.62 Å². The average molecular weight is 423 g/mol. The summed E-state index contributed by atoms with van der Waals surface area (Å²) in [5, 5.41) is 2.94. The highest BCUT2D eigenvalue weighted by atomic mass is 32.2. The molecule has 30 heavy (non-hydrogen) atoms. The second kappa shape index (κ2) is 8.71. The van der Waals surface area contributed by atoms with Crippen LogP contribution in [0.25, 0.3) is 0 Å². The molecular weight excluding hydrogens is 396 g/mol. The number of rotatable bonds is 6. The zero-order valence-corrected chi connectivity index (χ0v) is 18.5. The maximum absolute atomic E-state index is 13.1. The van der Waals surface area contributed by atoms with Gasteiger partial charge < -0.3 is 5.32 Å². The van der Waals surface area contributed by atoms with Crippen molar-refractivity contribution in [3.63, 3.8) is 0 Å². The van der Waals surface area contributed by atoms with Gasteiger partial charge in [0.15, 0.2) is 0 Å². The van der Waals surface area contributed by atoms with Gasteiger partial charge in [-0.05, 0) is 75.2 Å². The Bertz CT molecular complexity index is 1130.